The van der Waals surface area contributed by atoms with Gasteiger partial charge in [-0.1, -0.05) is 36.9 Å². The van der Waals surface area contributed by atoms with Gasteiger partial charge in [-0.3, -0.25) is 5.32 Å². The molecule has 0 saturated carbocycles. The van der Waals surface area contributed by atoms with Crippen LogP contribution in [-0.2, 0) is 4.74 Å². The van der Waals surface area contributed by atoms with Gasteiger partial charge in [-0.15, -0.1) is 0 Å². The van der Waals surface area contributed by atoms with Crippen LogP contribution in [0.2, 0.25) is 0 Å². The summed E-state index contributed by atoms with van der Waals surface area (Å²) >= 11 is 0. The molecule has 6 heteroatoms. The SMILES string of the molecule is C=CCOC(=O)Nc1cc2[nH]c(-c3ccccc3C)nc2cc1N(CC)CC. The molecule has 1 aromatic heterocycles. The summed E-state index contributed by atoms with van der Waals surface area (Å²) in [6, 6.07) is 12.0. The number of hydrogen-bond acceptors (Lipinski definition) is 4. The summed E-state index contributed by atoms with van der Waals surface area (Å²) < 4.78 is 5.09. The van der Waals surface area contributed by atoms with Gasteiger partial charge in [0.1, 0.15) is 12.4 Å². The lowest BCUT2D eigenvalue weighted by Gasteiger charge is -2.24. The predicted molar refractivity (Wildman–Crippen MR) is 115 cm³/mol. The van der Waals surface area contributed by atoms with E-state index in [1.165, 1.54) is 6.08 Å². The zero-order valence-corrected chi connectivity index (χ0v) is 16.6. The third-order valence-electron chi connectivity index (χ3n) is 4.67. The maximum Gasteiger partial charge on any atom is 0.412 e. The van der Waals surface area contributed by atoms with Crippen molar-refractivity contribution in [2.75, 3.05) is 29.9 Å². The normalized spacial score (nSPS) is 10.7. The number of carbonyl (C=O) groups is 1. The van der Waals surface area contributed by atoms with Crippen molar-refractivity contribution >= 4 is 28.5 Å². The van der Waals surface area contributed by atoms with Gasteiger partial charge in [0.25, 0.3) is 0 Å². The van der Waals surface area contributed by atoms with Crippen molar-refractivity contribution < 1.29 is 9.53 Å². The van der Waals surface area contributed by atoms with E-state index in [1.807, 2.05) is 30.3 Å². The first kappa shape index (κ1) is 19.5. The Morgan fingerprint density at radius 3 is 2.71 bits per heavy atom. The number of imidazole rings is 1. The number of amides is 1. The Bertz CT molecular complexity index is 989. The number of anilines is 2. The van der Waals surface area contributed by atoms with Crippen LogP contribution in [0.1, 0.15) is 19.4 Å². The number of aryl methyl sites for hydroxylation is 1. The van der Waals surface area contributed by atoms with Gasteiger partial charge in [0, 0.05) is 18.7 Å². The van der Waals surface area contributed by atoms with Crippen molar-refractivity contribution in [3.63, 3.8) is 0 Å². The number of ether oxygens (including phenoxy) is 1. The fourth-order valence-electron chi connectivity index (χ4n) is 3.22. The first-order valence-electron chi connectivity index (χ1n) is 9.46. The standard InChI is InChI=1S/C22H26N4O2/c1-5-12-28-22(27)25-19-13-17-18(14-20(19)26(6-2)7-3)24-21(23-17)16-11-9-8-10-15(16)4/h5,8-11,13-14H,1,6-7,12H2,2-4H3,(H,23,24)(H,25,27). The number of hydrogen-bond donors (Lipinski definition) is 2. The summed E-state index contributed by atoms with van der Waals surface area (Å²) in [5.41, 5.74) is 5.51. The number of aromatic nitrogens is 2. The van der Waals surface area contributed by atoms with Crippen LogP contribution >= 0.6 is 0 Å². The van der Waals surface area contributed by atoms with Gasteiger partial charge in [-0.05, 0) is 38.5 Å². The van der Waals surface area contributed by atoms with Crippen molar-refractivity contribution in [3.8, 4) is 11.4 Å². The third-order valence-corrected chi connectivity index (χ3v) is 4.67. The van der Waals surface area contributed by atoms with E-state index in [9.17, 15) is 4.79 Å². The van der Waals surface area contributed by atoms with E-state index in [0.29, 0.717) is 5.69 Å². The molecule has 1 heterocycles. The van der Waals surface area contributed by atoms with Crippen molar-refractivity contribution in [2.45, 2.75) is 20.8 Å². The van der Waals surface area contributed by atoms with Crippen molar-refractivity contribution in [3.05, 3.63) is 54.6 Å². The Morgan fingerprint density at radius 1 is 1.29 bits per heavy atom. The number of nitrogens with one attached hydrogen (secondary N) is 2. The van der Waals surface area contributed by atoms with E-state index < -0.39 is 6.09 Å². The minimum atomic E-state index is -0.508. The molecule has 0 bridgehead atoms. The Morgan fingerprint density at radius 2 is 2.04 bits per heavy atom. The molecule has 0 fully saturated rings. The summed E-state index contributed by atoms with van der Waals surface area (Å²) in [7, 11) is 0. The lowest BCUT2D eigenvalue weighted by atomic mass is 10.1. The van der Waals surface area contributed by atoms with E-state index in [2.05, 4.69) is 48.6 Å². The van der Waals surface area contributed by atoms with Crippen molar-refractivity contribution in [1.29, 1.82) is 0 Å². The molecule has 0 aliphatic heterocycles. The van der Waals surface area contributed by atoms with E-state index in [1.54, 1.807) is 0 Å². The van der Waals surface area contributed by atoms with Gasteiger partial charge in [0.05, 0.1) is 22.4 Å². The molecule has 3 aromatic rings. The fourth-order valence-corrected chi connectivity index (χ4v) is 3.22. The molecule has 28 heavy (non-hydrogen) atoms. The number of rotatable bonds is 7. The van der Waals surface area contributed by atoms with Crippen LogP contribution in [0.5, 0.6) is 0 Å². The quantitative estimate of drug-likeness (QED) is 0.560. The first-order valence-corrected chi connectivity index (χ1v) is 9.46. The molecule has 0 aliphatic carbocycles. The highest BCUT2D eigenvalue weighted by molar-refractivity contribution is 5.96. The van der Waals surface area contributed by atoms with Crippen LogP contribution in [0.3, 0.4) is 0 Å². The highest BCUT2D eigenvalue weighted by Gasteiger charge is 2.16. The molecule has 6 nitrogen and oxygen atoms in total. The fraction of sp³-hybridized carbons (Fsp3) is 0.273. The third kappa shape index (κ3) is 4.01. The van der Waals surface area contributed by atoms with Gasteiger partial charge in [0.2, 0.25) is 0 Å². The Kier molecular flexibility index (Phi) is 5.99. The molecule has 0 saturated heterocycles. The Labute approximate surface area is 165 Å². The largest absolute Gasteiger partial charge is 0.445 e. The average Bonchev–Trinajstić information content (AvgIpc) is 3.10. The molecular weight excluding hydrogens is 352 g/mol. The maximum atomic E-state index is 12.1. The average molecular weight is 378 g/mol. The number of carbonyl (C=O) groups excluding carboxylic acids is 1. The summed E-state index contributed by atoms with van der Waals surface area (Å²) in [6.07, 6.45) is 1.03. The van der Waals surface area contributed by atoms with E-state index in [-0.39, 0.29) is 6.61 Å². The number of nitrogens with zero attached hydrogens (tertiary/aromatic N) is 2. The van der Waals surface area contributed by atoms with Crippen LogP contribution in [0.4, 0.5) is 16.2 Å². The zero-order chi connectivity index (χ0) is 20.1. The minimum Gasteiger partial charge on any atom is -0.445 e. The first-order chi connectivity index (χ1) is 13.6. The molecule has 0 aliphatic rings. The van der Waals surface area contributed by atoms with Crippen LogP contribution in [0.25, 0.3) is 22.4 Å². The topological polar surface area (TPSA) is 70.2 Å². The van der Waals surface area contributed by atoms with Crippen molar-refractivity contribution in [1.82, 2.24) is 9.97 Å². The van der Waals surface area contributed by atoms with Gasteiger partial charge >= 0.3 is 6.09 Å². The van der Waals surface area contributed by atoms with Crippen LogP contribution < -0.4 is 10.2 Å². The summed E-state index contributed by atoms with van der Waals surface area (Å²) in [6.45, 7) is 11.6. The summed E-state index contributed by atoms with van der Waals surface area (Å²) in [5.74, 6) is 0.810. The van der Waals surface area contributed by atoms with Gasteiger partial charge < -0.3 is 14.6 Å². The number of H-pyrrole nitrogens is 1. The molecule has 0 atom stereocenters. The lowest BCUT2D eigenvalue weighted by molar-refractivity contribution is 0.174. The number of aromatic amines is 1. The van der Waals surface area contributed by atoms with E-state index >= 15 is 0 Å². The maximum absolute atomic E-state index is 12.1. The second-order valence-corrected chi connectivity index (χ2v) is 6.47. The van der Waals surface area contributed by atoms with E-state index in [0.717, 1.165) is 46.8 Å². The predicted octanol–water partition coefficient (Wildman–Crippen LogP) is 5.12. The molecule has 0 radical (unpaired) electrons. The van der Waals surface area contributed by atoms with E-state index in [4.69, 9.17) is 9.72 Å². The lowest BCUT2D eigenvalue weighted by Crippen LogP contribution is -2.24. The second-order valence-electron chi connectivity index (χ2n) is 6.47. The highest BCUT2D eigenvalue weighted by atomic mass is 16.5. The Balaban J connectivity index is 2.06. The van der Waals surface area contributed by atoms with Crippen LogP contribution in [-0.4, -0.2) is 35.8 Å². The van der Waals surface area contributed by atoms with Gasteiger partial charge in [0.15, 0.2) is 0 Å². The molecule has 2 aromatic carbocycles. The number of benzene rings is 2. The van der Waals surface area contributed by atoms with Gasteiger partial charge in [-0.2, -0.15) is 0 Å². The highest BCUT2D eigenvalue weighted by Crippen LogP contribution is 2.32. The second kappa shape index (κ2) is 8.61. The molecule has 0 spiro atoms. The molecule has 1 amide bonds. The molecule has 0 unspecified atom stereocenters. The summed E-state index contributed by atoms with van der Waals surface area (Å²) in [5, 5.41) is 2.85. The van der Waals surface area contributed by atoms with Crippen LogP contribution in [0, 0.1) is 6.92 Å². The molecule has 2 N–H and O–H groups in total. The van der Waals surface area contributed by atoms with Crippen molar-refractivity contribution in [2.24, 2.45) is 0 Å². The molecule has 3 rings (SSSR count). The summed E-state index contributed by atoms with van der Waals surface area (Å²) in [4.78, 5) is 22.4. The molecule has 146 valence electrons. The monoisotopic (exact) mass is 378 g/mol. The van der Waals surface area contributed by atoms with Crippen LogP contribution in [0.15, 0.2) is 49.1 Å². The smallest absolute Gasteiger partial charge is 0.412 e. The molecular formula is C22H26N4O2. The Hall–Kier alpha value is -3.28. The zero-order valence-electron chi connectivity index (χ0n) is 16.6. The van der Waals surface area contributed by atoms with Gasteiger partial charge in [-0.25, -0.2) is 9.78 Å². The minimum absolute atomic E-state index is 0.163. The number of fused-ring (bicyclic) bond motifs is 1.